The van der Waals surface area contributed by atoms with E-state index in [9.17, 15) is 0 Å². The fraction of sp³-hybridized carbons (Fsp3) is 0. The molecule has 0 N–H and O–H groups in total. The summed E-state index contributed by atoms with van der Waals surface area (Å²) in [6, 6.07) is 35.4. The van der Waals surface area contributed by atoms with E-state index in [2.05, 4.69) is 72.8 Å². The molecule has 14 heteroatoms. The van der Waals surface area contributed by atoms with Crippen LogP contribution in [0.2, 0.25) is 0 Å². The summed E-state index contributed by atoms with van der Waals surface area (Å²) in [5.41, 5.74) is 4.40. The number of aromatic nitrogens is 3. The second-order valence-electron chi connectivity index (χ2n) is 14.5. The zero-order valence-corrected chi connectivity index (χ0v) is 31.3. The van der Waals surface area contributed by atoms with E-state index in [0.29, 0.717) is 16.7 Å². The molecule has 20 radical (unpaired) electrons. The van der Waals surface area contributed by atoms with Crippen LogP contribution in [-0.2, 0) is 0 Å². The zero-order valence-electron chi connectivity index (χ0n) is 31.3. The minimum Gasteiger partial charge on any atom is -0.456 e. The van der Waals surface area contributed by atoms with Crippen molar-refractivity contribution in [1.29, 1.82) is 0 Å². The molecule has 0 unspecified atom stereocenters. The molecular weight excluding hydrogens is 707 g/mol. The molecule has 0 amide bonds. The number of furan rings is 1. The third-order valence-electron chi connectivity index (χ3n) is 11.3. The molecular formula is C45H17B10N3O. The monoisotopic (exact) mass is 725 g/mol. The summed E-state index contributed by atoms with van der Waals surface area (Å²) in [5.74, 6) is 0.200. The maximum atomic E-state index is 6.54. The van der Waals surface area contributed by atoms with Gasteiger partial charge in [0.05, 0.1) is 0 Å². The molecule has 4 nitrogen and oxygen atoms in total. The highest BCUT2D eigenvalue weighted by Gasteiger charge is 2.22. The molecule has 0 aliphatic carbocycles. The molecule has 0 atom stereocenters. The highest BCUT2D eigenvalue weighted by atomic mass is 16.3. The summed E-state index contributed by atoms with van der Waals surface area (Å²) in [6.07, 6.45) is 0. The number of rotatable bonds is 4. The summed E-state index contributed by atoms with van der Waals surface area (Å²) >= 11 is 0. The summed E-state index contributed by atoms with van der Waals surface area (Å²) in [6.45, 7) is 0. The molecule has 59 heavy (non-hydrogen) atoms. The molecule has 248 valence electrons. The highest BCUT2D eigenvalue weighted by Crippen LogP contribution is 2.41. The second-order valence-corrected chi connectivity index (χ2v) is 14.5. The standard InChI is InChI=1S/C45H17B10N3O/c46-33-31(34(47)38(51)41(54)37(33)50)44-56-43(57-45(58-44)32-35(48)39(52)42(55)40(53)36(32)49)19-13-15-26-29(17-19)59-28-11-5-10-20(30(26)28)18-12-14-25-23-8-2-1-6-21(23)22-7-3-4-9-24(22)27(25)16-18/h1-17H. The van der Waals surface area contributed by atoms with Crippen LogP contribution in [-0.4, -0.2) is 93.4 Å². The number of hydrogen-bond donors (Lipinski definition) is 0. The van der Waals surface area contributed by atoms with Crippen LogP contribution >= 0.6 is 0 Å². The van der Waals surface area contributed by atoms with Gasteiger partial charge in [-0.15, -0.1) is 32.8 Å². The molecule has 0 fully saturated rings. The van der Waals surface area contributed by atoms with E-state index < -0.39 is 0 Å². The van der Waals surface area contributed by atoms with Gasteiger partial charge in [0.25, 0.3) is 0 Å². The van der Waals surface area contributed by atoms with Gasteiger partial charge >= 0.3 is 0 Å². The van der Waals surface area contributed by atoms with Crippen LogP contribution in [0.3, 0.4) is 0 Å². The van der Waals surface area contributed by atoms with Gasteiger partial charge in [-0.05, 0) is 67.7 Å². The van der Waals surface area contributed by atoms with E-state index in [0.717, 1.165) is 21.9 Å². The topological polar surface area (TPSA) is 51.8 Å². The molecule has 8 aromatic carbocycles. The Bertz CT molecular complexity index is 3300. The Morgan fingerprint density at radius 3 is 1.27 bits per heavy atom. The summed E-state index contributed by atoms with van der Waals surface area (Å²) in [7, 11) is 63.2. The molecule has 0 saturated heterocycles. The van der Waals surface area contributed by atoms with Crippen molar-refractivity contribution in [2.24, 2.45) is 0 Å². The average molecular weight is 724 g/mol. The smallest absolute Gasteiger partial charge is 0.164 e. The van der Waals surface area contributed by atoms with Gasteiger partial charge in [-0.2, -0.15) is 0 Å². The quantitative estimate of drug-likeness (QED) is 0.187. The molecule has 2 heterocycles. The normalized spacial score (nSPS) is 11.7. The van der Waals surface area contributed by atoms with Gasteiger partial charge in [0, 0.05) is 27.5 Å². The first-order valence-corrected chi connectivity index (χ1v) is 18.5. The van der Waals surface area contributed by atoms with Gasteiger partial charge in [0.1, 0.15) is 89.6 Å². The minimum atomic E-state index is 0.00904. The van der Waals surface area contributed by atoms with Gasteiger partial charge in [-0.1, -0.05) is 101 Å². The fourth-order valence-electron chi connectivity index (χ4n) is 8.19. The van der Waals surface area contributed by atoms with Crippen molar-refractivity contribution in [2.75, 3.05) is 0 Å². The van der Waals surface area contributed by atoms with Crippen molar-refractivity contribution < 1.29 is 4.42 Å². The maximum Gasteiger partial charge on any atom is 0.164 e. The first-order valence-electron chi connectivity index (χ1n) is 18.5. The predicted octanol–water partition coefficient (Wildman–Crippen LogP) is -0.163. The number of nitrogens with zero attached hydrogens (tertiary/aromatic N) is 3. The van der Waals surface area contributed by atoms with Crippen LogP contribution in [0.4, 0.5) is 0 Å². The average Bonchev–Trinajstić information content (AvgIpc) is 3.64. The summed E-state index contributed by atoms with van der Waals surface area (Å²) in [4.78, 5) is 14.3. The van der Waals surface area contributed by atoms with Crippen LogP contribution in [0.25, 0.3) is 99.5 Å². The molecule has 0 spiro atoms. The van der Waals surface area contributed by atoms with Crippen molar-refractivity contribution in [2.45, 2.75) is 0 Å². The Kier molecular flexibility index (Phi) is 8.72. The largest absolute Gasteiger partial charge is 0.456 e. The van der Waals surface area contributed by atoms with E-state index in [4.69, 9.17) is 97.8 Å². The molecule has 0 aliphatic rings. The summed E-state index contributed by atoms with van der Waals surface area (Å²) in [5, 5.41) is 9.03. The van der Waals surface area contributed by atoms with Crippen LogP contribution in [0.15, 0.2) is 108 Å². The van der Waals surface area contributed by atoms with E-state index in [-0.39, 0.29) is 83.2 Å². The molecule has 0 aliphatic heterocycles. The van der Waals surface area contributed by atoms with Crippen molar-refractivity contribution in [3.63, 3.8) is 0 Å². The Hall–Kier alpha value is -6.00. The second kappa shape index (κ2) is 13.8. The summed E-state index contributed by atoms with van der Waals surface area (Å²) < 4.78 is 6.54. The van der Waals surface area contributed by atoms with E-state index >= 15 is 0 Å². The van der Waals surface area contributed by atoms with Crippen molar-refractivity contribution >= 4 is 187 Å². The number of hydrogen-bond acceptors (Lipinski definition) is 4. The lowest BCUT2D eigenvalue weighted by Gasteiger charge is -2.22. The Balaban J connectivity index is 1.18. The highest BCUT2D eigenvalue weighted by molar-refractivity contribution is 6.70. The van der Waals surface area contributed by atoms with E-state index in [1.807, 2.05) is 30.3 Å². The molecule has 10 rings (SSSR count). The number of fused-ring (bicyclic) bond motifs is 9. The first-order chi connectivity index (χ1) is 28.4. The molecule has 0 bridgehead atoms. The van der Waals surface area contributed by atoms with Crippen molar-refractivity contribution in [1.82, 2.24) is 15.0 Å². The minimum absolute atomic E-state index is 0.00904. The van der Waals surface area contributed by atoms with Crippen molar-refractivity contribution in [3.05, 3.63) is 103 Å². The van der Waals surface area contributed by atoms with E-state index in [1.54, 1.807) is 0 Å². The van der Waals surface area contributed by atoms with Crippen LogP contribution < -0.4 is 54.6 Å². The lowest BCUT2D eigenvalue weighted by molar-refractivity contribution is 0.669. The predicted molar refractivity (Wildman–Crippen MR) is 255 cm³/mol. The van der Waals surface area contributed by atoms with Gasteiger partial charge in [0.2, 0.25) is 0 Å². The fourth-order valence-corrected chi connectivity index (χ4v) is 8.19. The first kappa shape index (κ1) is 37.3. The third-order valence-corrected chi connectivity index (χ3v) is 11.3. The van der Waals surface area contributed by atoms with Gasteiger partial charge in [-0.3, -0.25) is 0 Å². The SMILES string of the molecule is [B]c1c([B])c([B])c(-c2nc(-c3ccc4c(c3)oc3cccc(-c5ccc6c7ccccc7c7ccccc7c6c5)c34)nc(-c3c([B])c([B])c([B])c([B])c3[B])n2)c([B])c1[B]. The van der Waals surface area contributed by atoms with Gasteiger partial charge in [-0.25, -0.2) is 15.0 Å². The lowest BCUT2D eigenvalue weighted by atomic mass is 9.60. The van der Waals surface area contributed by atoms with Crippen LogP contribution in [0.5, 0.6) is 0 Å². The lowest BCUT2D eigenvalue weighted by Crippen LogP contribution is -2.55. The maximum absolute atomic E-state index is 6.54. The van der Waals surface area contributed by atoms with Crippen LogP contribution in [0, 0.1) is 0 Å². The van der Waals surface area contributed by atoms with E-state index in [1.165, 1.54) is 32.3 Å². The van der Waals surface area contributed by atoms with Crippen molar-refractivity contribution in [3.8, 4) is 45.3 Å². The Morgan fingerprint density at radius 1 is 0.322 bits per heavy atom. The Morgan fingerprint density at radius 2 is 0.746 bits per heavy atom. The van der Waals surface area contributed by atoms with Crippen LogP contribution in [0.1, 0.15) is 0 Å². The van der Waals surface area contributed by atoms with Gasteiger partial charge in [0.15, 0.2) is 17.5 Å². The molecule has 10 aromatic rings. The molecule has 2 aromatic heterocycles. The Labute approximate surface area is 353 Å². The van der Waals surface area contributed by atoms with Gasteiger partial charge < -0.3 is 4.42 Å². The third kappa shape index (κ3) is 5.63. The number of benzene rings is 8. The zero-order chi connectivity index (χ0) is 41.0. The molecule has 0 saturated carbocycles.